The van der Waals surface area contributed by atoms with Crippen LogP contribution in [0.2, 0.25) is 0 Å². The van der Waals surface area contributed by atoms with E-state index < -0.39 is 6.10 Å². The second-order valence-corrected chi connectivity index (χ2v) is 10.2. The lowest BCUT2D eigenvalue weighted by molar-refractivity contribution is 0.0625. The molecule has 0 radical (unpaired) electrons. The molecule has 7 heteroatoms. The largest absolute Gasteiger partial charge is 0.491 e. The number of aliphatic hydroxyl groups is 1. The number of ether oxygens (including phenoxy) is 2. The van der Waals surface area contributed by atoms with Crippen molar-refractivity contribution in [1.29, 1.82) is 0 Å². The molecule has 0 bridgehead atoms. The minimum absolute atomic E-state index is 0.155. The fraction of sp³-hybridized carbons (Fsp3) is 0.111. The summed E-state index contributed by atoms with van der Waals surface area (Å²) in [6.45, 7) is 0.310. The van der Waals surface area contributed by atoms with Crippen LogP contribution in [-0.2, 0) is 0 Å². The highest BCUT2D eigenvalue weighted by Gasteiger charge is 2.18. The van der Waals surface area contributed by atoms with Gasteiger partial charge in [-0.25, -0.2) is 0 Å². The van der Waals surface area contributed by atoms with Crippen LogP contribution in [0.5, 0.6) is 11.5 Å². The van der Waals surface area contributed by atoms with E-state index in [1.54, 1.807) is 23.5 Å². The van der Waals surface area contributed by atoms with E-state index in [-0.39, 0.29) is 13.2 Å². The van der Waals surface area contributed by atoms with E-state index in [4.69, 9.17) is 9.47 Å². The van der Waals surface area contributed by atoms with E-state index >= 15 is 0 Å². The van der Waals surface area contributed by atoms with Crippen molar-refractivity contribution >= 4 is 46.3 Å². The standard InChI is InChI=1S/C27H22N2O3S2/c30-17(15-31-18-9-11-22-26(13-18)33-24-7-3-1-5-20(24)28-22)16-32-19-10-12-23-27(14-19)34-25-8-4-2-6-21(25)29-23/h1-14,17,28-30H,15-16H2. The zero-order valence-corrected chi connectivity index (χ0v) is 19.8. The van der Waals surface area contributed by atoms with E-state index in [2.05, 4.69) is 34.9 Å². The Morgan fingerprint density at radius 1 is 0.588 bits per heavy atom. The Labute approximate surface area is 206 Å². The van der Waals surface area contributed by atoms with Crippen molar-refractivity contribution in [3.8, 4) is 11.5 Å². The molecule has 0 saturated heterocycles. The third-order valence-corrected chi connectivity index (χ3v) is 7.81. The third kappa shape index (κ3) is 4.42. The summed E-state index contributed by atoms with van der Waals surface area (Å²) in [5, 5.41) is 17.3. The molecule has 5 nitrogen and oxygen atoms in total. The highest BCUT2D eigenvalue weighted by Crippen LogP contribution is 2.46. The fourth-order valence-corrected chi connectivity index (χ4v) is 5.87. The molecule has 4 aromatic carbocycles. The molecule has 6 rings (SSSR count). The number of benzene rings is 4. The molecule has 0 spiro atoms. The first kappa shape index (κ1) is 21.3. The van der Waals surface area contributed by atoms with Crippen LogP contribution in [0.25, 0.3) is 0 Å². The van der Waals surface area contributed by atoms with E-state index in [9.17, 15) is 5.11 Å². The minimum Gasteiger partial charge on any atom is -0.491 e. The van der Waals surface area contributed by atoms with Gasteiger partial charge in [0, 0.05) is 19.6 Å². The fourth-order valence-electron chi connectivity index (χ4n) is 3.84. The summed E-state index contributed by atoms with van der Waals surface area (Å²) < 4.78 is 11.7. The van der Waals surface area contributed by atoms with E-state index in [1.165, 1.54) is 9.79 Å². The summed E-state index contributed by atoms with van der Waals surface area (Å²) in [5.41, 5.74) is 4.34. The van der Waals surface area contributed by atoms with Crippen molar-refractivity contribution in [1.82, 2.24) is 0 Å². The van der Waals surface area contributed by atoms with Crippen molar-refractivity contribution in [3.63, 3.8) is 0 Å². The minimum atomic E-state index is -0.745. The van der Waals surface area contributed by atoms with Crippen molar-refractivity contribution < 1.29 is 14.6 Å². The molecule has 0 amide bonds. The topological polar surface area (TPSA) is 62.8 Å². The molecule has 0 aliphatic carbocycles. The van der Waals surface area contributed by atoms with Crippen LogP contribution in [0.3, 0.4) is 0 Å². The number of para-hydroxylation sites is 2. The Morgan fingerprint density at radius 3 is 1.53 bits per heavy atom. The maximum absolute atomic E-state index is 10.4. The Morgan fingerprint density at radius 2 is 1.03 bits per heavy atom. The molecule has 0 saturated carbocycles. The van der Waals surface area contributed by atoms with Gasteiger partial charge in [0.25, 0.3) is 0 Å². The predicted octanol–water partition coefficient (Wildman–Crippen LogP) is 6.92. The average molecular weight is 487 g/mol. The lowest BCUT2D eigenvalue weighted by atomic mass is 10.2. The lowest BCUT2D eigenvalue weighted by Gasteiger charge is -2.22. The van der Waals surface area contributed by atoms with Crippen LogP contribution in [0.15, 0.2) is 105 Å². The van der Waals surface area contributed by atoms with E-state index in [1.807, 2.05) is 60.7 Å². The van der Waals surface area contributed by atoms with Crippen LogP contribution in [0, 0.1) is 0 Å². The number of hydrogen-bond donors (Lipinski definition) is 3. The number of aliphatic hydroxyl groups excluding tert-OH is 1. The summed E-state index contributed by atoms with van der Waals surface area (Å²) in [6.07, 6.45) is -0.745. The first-order valence-electron chi connectivity index (χ1n) is 11.0. The molecule has 4 aromatic rings. The van der Waals surface area contributed by atoms with Gasteiger partial charge in [-0.3, -0.25) is 0 Å². The van der Waals surface area contributed by atoms with Gasteiger partial charge in [-0.05, 0) is 60.7 Å². The molecule has 34 heavy (non-hydrogen) atoms. The maximum Gasteiger partial charge on any atom is 0.122 e. The zero-order valence-electron chi connectivity index (χ0n) is 18.2. The van der Waals surface area contributed by atoms with Gasteiger partial charge in [-0.15, -0.1) is 0 Å². The maximum atomic E-state index is 10.4. The van der Waals surface area contributed by atoms with Gasteiger partial charge in [0.15, 0.2) is 0 Å². The van der Waals surface area contributed by atoms with Gasteiger partial charge in [-0.1, -0.05) is 47.8 Å². The smallest absolute Gasteiger partial charge is 0.122 e. The summed E-state index contributed by atoms with van der Waals surface area (Å²) in [6, 6.07) is 28.3. The van der Waals surface area contributed by atoms with Gasteiger partial charge in [-0.2, -0.15) is 0 Å². The Kier molecular flexibility index (Phi) is 5.74. The third-order valence-electron chi connectivity index (χ3n) is 5.54. The van der Waals surface area contributed by atoms with Crippen LogP contribution < -0.4 is 20.1 Å². The second-order valence-electron chi connectivity index (χ2n) is 8.04. The quantitative estimate of drug-likeness (QED) is 0.236. The van der Waals surface area contributed by atoms with Gasteiger partial charge >= 0.3 is 0 Å². The Balaban J connectivity index is 1.04. The molecule has 2 aliphatic heterocycles. The second kappa shape index (κ2) is 9.18. The Bertz CT molecular complexity index is 1260. The van der Waals surface area contributed by atoms with Gasteiger partial charge in [0.2, 0.25) is 0 Å². The van der Waals surface area contributed by atoms with Crippen LogP contribution >= 0.6 is 23.5 Å². The van der Waals surface area contributed by atoms with Crippen molar-refractivity contribution in [3.05, 3.63) is 84.9 Å². The molecule has 0 unspecified atom stereocenters. The van der Waals surface area contributed by atoms with Crippen molar-refractivity contribution in [2.45, 2.75) is 25.7 Å². The van der Waals surface area contributed by atoms with Gasteiger partial charge < -0.3 is 25.2 Å². The molecule has 0 aromatic heterocycles. The molecule has 2 aliphatic rings. The van der Waals surface area contributed by atoms with E-state index in [0.717, 1.165) is 44.0 Å². The monoisotopic (exact) mass is 486 g/mol. The van der Waals surface area contributed by atoms with Crippen LogP contribution in [0.4, 0.5) is 22.7 Å². The Hall–Kier alpha value is -3.26. The van der Waals surface area contributed by atoms with Crippen LogP contribution in [0.1, 0.15) is 0 Å². The number of rotatable bonds is 6. The average Bonchev–Trinajstić information content (AvgIpc) is 2.88. The molecular weight excluding hydrogens is 464 g/mol. The normalized spacial score (nSPS) is 13.0. The number of nitrogens with one attached hydrogen (secondary N) is 2. The first-order valence-corrected chi connectivity index (χ1v) is 12.6. The summed E-state index contributed by atoms with van der Waals surface area (Å²) in [5.74, 6) is 1.45. The van der Waals surface area contributed by atoms with Gasteiger partial charge in [0.1, 0.15) is 30.8 Å². The van der Waals surface area contributed by atoms with E-state index in [0.29, 0.717) is 0 Å². The number of fused-ring (bicyclic) bond motifs is 4. The zero-order chi connectivity index (χ0) is 22.9. The highest BCUT2D eigenvalue weighted by atomic mass is 32.2. The summed E-state index contributed by atoms with van der Waals surface area (Å²) in [4.78, 5) is 4.57. The predicted molar refractivity (Wildman–Crippen MR) is 138 cm³/mol. The van der Waals surface area contributed by atoms with Gasteiger partial charge in [0.05, 0.1) is 22.7 Å². The summed E-state index contributed by atoms with van der Waals surface area (Å²) >= 11 is 3.42. The SMILES string of the molecule is OC(COc1ccc2c(c1)Sc1ccccc1N2)COc1ccc2c(c1)Sc1ccccc1N2. The van der Waals surface area contributed by atoms with Crippen LogP contribution in [-0.4, -0.2) is 24.4 Å². The molecule has 2 heterocycles. The highest BCUT2D eigenvalue weighted by molar-refractivity contribution is 8.00. The molecule has 3 N–H and O–H groups in total. The lowest BCUT2D eigenvalue weighted by Crippen LogP contribution is -2.25. The molecular formula is C27H22N2O3S2. The molecule has 170 valence electrons. The number of hydrogen-bond acceptors (Lipinski definition) is 7. The molecule has 0 atom stereocenters. The summed E-state index contributed by atoms with van der Waals surface area (Å²) in [7, 11) is 0. The van der Waals surface area contributed by atoms with Crippen molar-refractivity contribution in [2.24, 2.45) is 0 Å². The number of anilines is 4. The van der Waals surface area contributed by atoms with Crippen molar-refractivity contribution in [2.75, 3.05) is 23.8 Å². The molecule has 0 fully saturated rings. The first-order chi connectivity index (χ1) is 16.7.